The van der Waals surface area contributed by atoms with Gasteiger partial charge in [-0.15, -0.1) is 0 Å². The minimum absolute atomic E-state index is 0.111. The molecule has 1 aromatic carbocycles. The Labute approximate surface area is 172 Å². The van der Waals surface area contributed by atoms with Crippen LogP contribution in [0.2, 0.25) is 0 Å². The van der Waals surface area contributed by atoms with Gasteiger partial charge in [0.15, 0.2) is 0 Å². The average molecular weight is 446 g/mol. The molecule has 7 nitrogen and oxygen atoms in total. The number of hydrogen-bond donors (Lipinski definition) is 0. The van der Waals surface area contributed by atoms with Gasteiger partial charge in [0.1, 0.15) is 12.3 Å². The fourth-order valence-electron chi connectivity index (χ4n) is 3.10. The highest BCUT2D eigenvalue weighted by atomic mass is 32.2. The van der Waals surface area contributed by atoms with E-state index in [0.717, 1.165) is 6.07 Å². The number of amides is 1. The van der Waals surface area contributed by atoms with Gasteiger partial charge in [-0.1, -0.05) is 6.07 Å². The molecule has 1 saturated heterocycles. The van der Waals surface area contributed by atoms with Crippen LogP contribution in [0, 0.1) is 6.92 Å². The number of morpholine rings is 1. The molecule has 1 amide bonds. The lowest BCUT2D eigenvalue weighted by molar-refractivity contribution is -0.142. The smallest absolute Gasteiger partial charge is 0.406 e. The van der Waals surface area contributed by atoms with Crippen molar-refractivity contribution in [3.05, 3.63) is 53.5 Å². The minimum Gasteiger partial charge on any atom is -0.467 e. The van der Waals surface area contributed by atoms with Gasteiger partial charge in [-0.25, -0.2) is 8.42 Å². The summed E-state index contributed by atoms with van der Waals surface area (Å²) in [5, 5.41) is 0. The van der Waals surface area contributed by atoms with E-state index in [4.69, 9.17) is 9.15 Å². The van der Waals surface area contributed by atoms with Gasteiger partial charge in [-0.05, 0) is 36.8 Å². The van der Waals surface area contributed by atoms with Crippen LogP contribution in [0.5, 0.6) is 0 Å². The highest BCUT2D eigenvalue weighted by molar-refractivity contribution is 7.89. The fourth-order valence-corrected chi connectivity index (χ4v) is 4.54. The number of hydrogen-bond acceptors (Lipinski definition) is 5. The molecule has 1 aliphatic rings. The quantitative estimate of drug-likeness (QED) is 0.682. The van der Waals surface area contributed by atoms with Crippen molar-refractivity contribution < 1.29 is 35.5 Å². The van der Waals surface area contributed by atoms with Gasteiger partial charge in [0.05, 0.1) is 30.9 Å². The average Bonchev–Trinajstić information content (AvgIpc) is 3.20. The lowest BCUT2D eigenvalue weighted by Gasteiger charge is -2.27. The Morgan fingerprint density at radius 3 is 2.50 bits per heavy atom. The zero-order valence-corrected chi connectivity index (χ0v) is 17.0. The lowest BCUT2D eigenvalue weighted by atomic mass is 10.1. The first kappa shape index (κ1) is 22.3. The molecule has 30 heavy (non-hydrogen) atoms. The van der Waals surface area contributed by atoms with Crippen LogP contribution in [0.3, 0.4) is 0 Å². The maximum atomic E-state index is 13.1. The lowest BCUT2D eigenvalue weighted by Crippen LogP contribution is -2.41. The Hall–Kier alpha value is -2.37. The monoisotopic (exact) mass is 446 g/mol. The number of sulfonamides is 1. The Morgan fingerprint density at radius 1 is 1.20 bits per heavy atom. The SMILES string of the molecule is Cc1ccc(S(=O)(=O)N2CCOCC2)cc1C(=O)N(Cc1ccco1)CC(F)(F)F. The third kappa shape index (κ3) is 5.21. The molecule has 0 saturated carbocycles. The van der Waals surface area contributed by atoms with Crippen molar-refractivity contribution in [1.82, 2.24) is 9.21 Å². The normalized spacial score (nSPS) is 15.9. The van der Waals surface area contributed by atoms with Crippen molar-refractivity contribution in [2.45, 2.75) is 24.5 Å². The zero-order chi connectivity index (χ0) is 21.9. The third-order valence-corrected chi connectivity index (χ3v) is 6.53. The van der Waals surface area contributed by atoms with Gasteiger partial charge in [-0.3, -0.25) is 4.79 Å². The van der Waals surface area contributed by atoms with Crippen LogP contribution in [-0.4, -0.2) is 62.6 Å². The molecule has 0 atom stereocenters. The van der Waals surface area contributed by atoms with E-state index >= 15 is 0 Å². The number of carbonyl (C=O) groups excluding carboxylic acids is 1. The molecule has 164 valence electrons. The summed E-state index contributed by atoms with van der Waals surface area (Å²) in [6.07, 6.45) is -3.33. The summed E-state index contributed by atoms with van der Waals surface area (Å²) in [4.78, 5) is 13.4. The largest absolute Gasteiger partial charge is 0.467 e. The predicted octanol–water partition coefficient (Wildman–Crippen LogP) is 2.81. The molecule has 1 aromatic heterocycles. The number of aryl methyl sites for hydroxylation is 1. The van der Waals surface area contributed by atoms with Gasteiger partial charge >= 0.3 is 6.18 Å². The summed E-state index contributed by atoms with van der Waals surface area (Å²) in [7, 11) is -3.90. The Morgan fingerprint density at radius 2 is 1.90 bits per heavy atom. The Balaban J connectivity index is 1.93. The van der Waals surface area contributed by atoms with Crippen LogP contribution in [0.25, 0.3) is 0 Å². The summed E-state index contributed by atoms with van der Waals surface area (Å²) in [5.74, 6) is -0.748. The number of rotatable bonds is 6. The molecule has 11 heteroatoms. The number of benzene rings is 1. The molecule has 1 aliphatic heterocycles. The topological polar surface area (TPSA) is 80.1 Å². The standard InChI is InChI=1S/C19H21F3N2O5S/c1-14-4-5-16(30(26,27)24-6-9-28-10-7-24)11-17(14)18(25)23(13-19(20,21)22)12-15-3-2-8-29-15/h2-5,8,11H,6-7,9-10,12-13H2,1H3. The maximum absolute atomic E-state index is 13.1. The molecule has 2 heterocycles. The molecule has 1 fully saturated rings. The molecule has 0 spiro atoms. The molecule has 0 unspecified atom stereocenters. The third-order valence-electron chi connectivity index (χ3n) is 4.63. The highest BCUT2D eigenvalue weighted by Crippen LogP contribution is 2.24. The fraction of sp³-hybridized carbons (Fsp3) is 0.421. The van der Waals surface area contributed by atoms with Gasteiger partial charge in [0, 0.05) is 18.7 Å². The molecule has 3 rings (SSSR count). The molecule has 0 N–H and O–H groups in total. The Bertz CT molecular complexity index is 984. The zero-order valence-electron chi connectivity index (χ0n) is 16.2. The second-order valence-corrected chi connectivity index (χ2v) is 8.79. The predicted molar refractivity (Wildman–Crippen MR) is 100 cm³/mol. The second kappa shape index (κ2) is 8.78. The van der Waals surface area contributed by atoms with Gasteiger partial charge in [0.2, 0.25) is 10.0 Å². The van der Waals surface area contributed by atoms with E-state index in [2.05, 4.69) is 0 Å². The number of carbonyl (C=O) groups is 1. The van der Waals surface area contributed by atoms with Gasteiger partial charge < -0.3 is 14.1 Å². The van der Waals surface area contributed by atoms with Crippen LogP contribution in [0.4, 0.5) is 13.2 Å². The van der Waals surface area contributed by atoms with Crippen molar-refractivity contribution in [1.29, 1.82) is 0 Å². The number of furan rings is 1. The second-order valence-electron chi connectivity index (χ2n) is 6.85. The van der Waals surface area contributed by atoms with Crippen LogP contribution in [-0.2, 0) is 21.3 Å². The van der Waals surface area contributed by atoms with Crippen molar-refractivity contribution in [3.8, 4) is 0 Å². The molecular weight excluding hydrogens is 425 g/mol. The Kier molecular flexibility index (Phi) is 6.53. The first-order chi connectivity index (χ1) is 14.1. The van der Waals surface area contributed by atoms with Crippen LogP contribution in [0.15, 0.2) is 45.9 Å². The van der Waals surface area contributed by atoms with Crippen molar-refractivity contribution in [3.63, 3.8) is 0 Å². The first-order valence-electron chi connectivity index (χ1n) is 9.15. The first-order valence-corrected chi connectivity index (χ1v) is 10.6. The summed E-state index contributed by atoms with van der Waals surface area (Å²) in [6.45, 7) is 0.476. The number of alkyl halides is 3. The van der Waals surface area contributed by atoms with Crippen LogP contribution < -0.4 is 0 Å². The van der Waals surface area contributed by atoms with E-state index in [-0.39, 0.29) is 42.5 Å². The van der Waals surface area contributed by atoms with Crippen LogP contribution in [0.1, 0.15) is 21.7 Å². The van der Waals surface area contributed by atoms with Crippen molar-refractivity contribution >= 4 is 15.9 Å². The van der Waals surface area contributed by atoms with E-state index in [1.807, 2.05) is 0 Å². The summed E-state index contributed by atoms with van der Waals surface area (Å²) in [6, 6.07) is 6.86. The van der Waals surface area contributed by atoms with Crippen molar-refractivity contribution in [2.75, 3.05) is 32.8 Å². The van der Waals surface area contributed by atoms with Crippen LogP contribution >= 0.6 is 0 Å². The van der Waals surface area contributed by atoms with E-state index < -0.39 is 35.2 Å². The molecule has 0 aliphatic carbocycles. The maximum Gasteiger partial charge on any atom is 0.406 e. The molecule has 0 radical (unpaired) electrons. The molecule has 0 bridgehead atoms. The van der Waals surface area contributed by atoms with Gasteiger partial charge in [0.25, 0.3) is 5.91 Å². The highest BCUT2D eigenvalue weighted by Gasteiger charge is 2.35. The summed E-state index contributed by atoms with van der Waals surface area (Å²) >= 11 is 0. The van der Waals surface area contributed by atoms with E-state index in [1.165, 1.54) is 41.8 Å². The van der Waals surface area contributed by atoms with E-state index in [0.29, 0.717) is 10.5 Å². The van der Waals surface area contributed by atoms with E-state index in [1.54, 1.807) is 0 Å². The van der Waals surface area contributed by atoms with Crippen molar-refractivity contribution in [2.24, 2.45) is 0 Å². The van der Waals surface area contributed by atoms with Gasteiger partial charge in [-0.2, -0.15) is 17.5 Å². The number of nitrogens with zero attached hydrogens (tertiary/aromatic N) is 2. The number of halogens is 3. The number of ether oxygens (including phenoxy) is 1. The summed E-state index contributed by atoms with van der Waals surface area (Å²) in [5.41, 5.74) is 0.257. The minimum atomic E-state index is -4.63. The molecular formula is C19H21F3N2O5S. The molecule has 2 aromatic rings. The summed E-state index contributed by atoms with van der Waals surface area (Å²) < 4.78 is 76.5. The van der Waals surface area contributed by atoms with E-state index in [9.17, 15) is 26.4 Å².